The van der Waals surface area contributed by atoms with E-state index in [1.807, 2.05) is 12.1 Å². The third kappa shape index (κ3) is 3.56. The topological polar surface area (TPSA) is 97.5 Å². The Balaban J connectivity index is 1.30. The molecule has 0 saturated carbocycles. The first kappa shape index (κ1) is 17.7. The molecular formula is C20H20N6O3. The van der Waals surface area contributed by atoms with E-state index in [0.717, 1.165) is 30.1 Å². The molecule has 9 nitrogen and oxygen atoms in total. The van der Waals surface area contributed by atoms with Gasteiger partial charge in [0.25, 0.3) is 5.91 Å². The smallest absolute Gasteiger partial charge is 0.257 e. The van der Waals surface area contributed by atoms with Crippen molar-refractivity contribution < 1.29 is 13.9 Å². The van der Waals surface area contributed by atoms with E-state index in [1.54, 1.807) is 29.7 Å². The first-order chi connectivity index (χ1) is 14.3. The molecule has 0 N–H and O–H groups in total. The monoisotopic (exact) mass is 392 g/mol. The number of morpholine rings is 1. The van der Waals surface area contributed by atoms with Crippen LogP contribution in [0, 0.1) is 0 Å². The third-order valence-electron chi connectivity index (χ3n) is 5.10. The van der Waals surface area contributed by atoms with Gasteiger partial charge in [-0.05, 0) is 12.1 Å². The number of nitrogens with zero attached hydrogens (tertiary/aromatic N) is 6. The molecule has 5 heterocycles. The molecule has 9 heteroatoms. The van der Waals surface area contributed by atoms with Gasteiger partial charge in [0.05, 0.1) is 30.9 Å². The van der Waals surface area contributed by atoms with E-state index < -0.39 is 0 Å². The molecular weight excluding hydrogens is 372 g/mol. The SMILES string of the molecule is O=C(c1cnc(N2CCOCC2)nc1)N1CCc2oc(-c3cccnc3)nc2C1. The average molecular weight is 392 g/mol. The van der Waals surface area contributed by atoms with Crippen LogP contribution in [0.3, 0.4) is 0 Å². The van der Waals surface area contributed by atoms with Crippen molar-refractivity contribution in [2.45, 2.75) is 13.0 Å². The zero-order valence-electron chi connectivity index (χ0n) is 15.8. The highest BCUT2D eigenvalue weighted by Gasteiger charge is 2.27. The van der Waals surface area contributed by atoms with Crippen LogP contribution in [-0.4, -0.2) is 63.6 Å². The summed E-state index contributed by atoms with van der Waals surface area (Å²) in [6.45, 7) is 3.82. The van der Waals surface area contributed by atoms with Crippen molar-refractivity contribution in [1.29, 1.82) is 0 Å². The fourth-order valence-corrected chi connectivity index (χ4v) is 3.53. The van der Waals surface area contributed by atoms with Gasteiger partial charge in [-0.3, -0.25) is 9.78 Å². The van der Waals surface area contributed by atoms with Gasteiger partial charge in [-0.1, -0.05) is 0 Å². The summed E-state index contributed by atoms with van der Waals surface area (Å²) in [6, 6.07) is 3.75. The Kier molecular flexibility index (Phi) is 4.65. The van der Waals surface area contributed by atoms with Gasteiger partial charge in [-0.25, -0.2) is 15.0 Å². The summed E-state index contributed by atoms with van der Waals surface area (Å²) in [5, 5.41) is 0. The highest BCUT2D eigenvalue weighted by atomic mass is 16.5. The van der Waals surface area contributed by atoms with Crippen molar-refractivity contribution in [3.8, 4) is 11.5 Å². The highest BCUT2D eigenvalue weighted by molar-refractivity contribution is 5.93. The first-order valence-corrected chi connectivity index (χ1v) is 9.61. The molecule has 3 aromatic heterocycles. The van der Waals surface area contributed by atoms with Crippen LogP contribution >= 0.6 is 0 Å². The van der Waals surface area contributed by atoms with Crippen molar-refractivity contribution in [3.05, 3.63) is 53.9 Å². The van der Waals surface area contributed by atoms with E-state index in [9.17, 15) is 4.79 Å². The van der Waals surface area contributed by atoms with Crippen LogP contribution < -0.4 is 4.90 Å². The van der Waals surface area contributed by atoms with Crippen molar-refractivity contribution >= 4 is 11.9 Å². The number of hydrogen-bond acceptors (Lipinski definition) is 8. The number of oxazole rings is 1. The van der Waals surface area contributed by atoms with Gasteiger partial charge >= 0.3 is 0 Å². The molecule has 0 spiro atoms. The summed E-state index contributed by atoms with van der Waals surface area (Å²) in [7, 11) is 0. The van der Waals surface area contributed by atoms with Gasteiger partial charge in [-0.15, -0.1) is 0 Å². The van der Waals surface area contributed by atoms with Crippen LogP contribution in [0.5, 0.6) is 0 Å². The summed E-state index contributed by atoms with van der Waals surface area (Å²) in [6.07, 6.45) is 7.24. The zero-order valence-corrected chi connectivity index (χ0v) is 15.8. The Labute approximate surface area is 167 Å². The fraction of sp³-hybridized carbons (Fsp3) is 0.350. The first-order valence-electron chi connectivity index (χ1n) is 9.61. The lowest BCUT2D eigenvalue weighted by Crippen LogP contribution is -2.38. The van der Waals surface area contributed by atoms with Crippen molar-refractivity contribution in [2.24, 2.45) is 0 Å². The molecule has 5 rings (SSSR count). The van der Waals surface area contributed by atoms with E-state index in [1.165, 1.54) is 0 Å². The Bertz CT molecular complexity index is 999. The van der Waals surface area contributed by atoms with E-state index in [4.69, 9.17) is 9.15 Å². The molecule has 1 saturated heterocycles. The number of hydrogen-bond donors (Lipinski definition) is 0. The molecule has 0 unspecified atom stereocenters. The summed E-state index contributed by atoms with van der Waals surface area (Å²) in [5.74, 6) is 1.89. The molecule has 0 bridgehead atoms. The van der Waals surface area contributed by atoms with Crippen LogP contribution in [-0.2, 0) is 17.7 Å². The van der Waals surface area contributed by atoms with Crippen molar-refractivity contribution in [2.75, 3.05) is 37.7 Å². The summed E-state index contributed by atoms with van der Waals surface area (Å²) in [5.41, 5.74) is 2.09. The van der Waals surface area contributed by atoms with Crippen LogP contribution in [0.25, 0.3) is 11.5 Å². The molecule has 0 atom stereocenters. The van der Waals surface area contributed by atoms with Gasteiger partial charge in [0.15, 0.2) is 0 Å². The highest BCUT2D eigenvalue weighted by Crippen LogP contribution is 2.26. The number of pyridine rings is 1. The predicted octanol–water partition coefficient (Wildman–Crippen LogP) is 1.56. The standard InChI is InChI=1S/C20H20N6O3/c27-19(15-11-22-20(23-12-15)25-6-8-28-9-7-25)26-5-3-17-16(13-26)24-18(29-17)14-2-1-4-21-10-14/h1-2,4,10-12H,3,5-9,13H2. The molecule has 2 aliphatic heterocycles. The number of carbonyl (C=O) groups excluding carboxylic acids is 1. The summed E-state index contributed by atoms with van der Waals surface area (Å²) < 4.78 is 11.2. The van der Waals surface area contributed by atoms with Crippen molar-refractivity contribution in [3.63, 3.8) is 0 Å². The second-order valence-corrected chi connectivity index (χ2v) is 6.98. The van der Waals surface area contributed by atoms with Gasteiger partial charge < -0.3 is 19.0 Å². The second kappa shape index (κ2) is 7.59. The molecule has 148 valence electrons. The number of fused-ring (bicyclic) bond motifs is 1. The molecule has 0 aromatic carbocycles. The van der Waals surface area contributed by atoms with Gasteiger partial charge in [0, 0.05) is 50.8 Å². The minimum absolute atomic E-state index is 0.102. The lowest BCUT2D eigenvalue weighted by Gasteiger charge is -2.27. The van der Waals surface area contributed by atoms with Crippen LogP contribution in [0.2, 0.25) is 0 Å². The van der Waals surface area contributed by atoms with Crippen LogP contribution in [0.4, 0.5) is 5.95 Å². The quantitative estimate of drug-likeness (QED) is 0.662. The maximum Gasteiger partial charge on any atom is 0.257 e. The fourth-order valence-electron chi connectivity index (χ4n) is 3.53. The zero-order chi connectivity index (χ0) is 19.6. The number of rotatable bonds is 3. The maximum absolute atomic E-state index is 12.9. The van der Waals surface area contributed by atoms with E-state index >= 15 is 0 Å². The Hall–Kier alpha value is -3.33. The Morgan fingerprint density at radius 1 is 1.07 bits per heavy atom. The molecule has 1 amide bonds. The lowest BCUT2D eigenvalue weighted by atomic mass is 10.1. The molecule has 0 radical (unpaired) electrons. The minimum Gasteiger partial charge on any atom is -0.441 e. The summed E-state index contributed by atoms with van der Waals surface area (Å²) >= 11 is 0. The van der Waals surface area contributed by atoms with Gasteiger partial charge in [0.2, 0.25) is 11.8 Å². The average Bonchev–Trinajstić information content (AvgIpc) is 3.23. The second-order valence-electron chi connectivity index (χ2n) is 6.98. The number of aromatic nitrogens is 4. The number of ether oxygens (including phenoxy) is 1. The molecule has 29 heavy (non-hydrogen) atoms. The van der Waals surface area contributed by atoms with Gasteiger partial charge in [0.1, 0.15) is 11.5 Å². The number of carbonyl (C=O) groups is 1. The number of anilines is 1. The van der Waals surface area contributed by atoms with E-state index in [-0.39, 0.29) is 5.91 Å². The molecule has 2 aliphatic rings. The largest absolute Gasteiger partial charge is 0.441 e. The predicted molar refractivity (Wildman–Crippen MR) is 103 cm³/mol. The van der Waals surface area contributed by atoms with Crippen LogP contribution in [0.15, 0.2) is 41.3 Å². The van der Waals surface area contributed by atoms with Crippen molar-refractivity contribution in [1.82, 2.24) is 24.8 Å². The van der Waals surface area contributed by atoms with Crippen LogP contribution in [0.1, 0.15) is 21.8 Å². The summed E-state index contributed by atoms with van der Waals surface area (Å²) in [4.78, 5) is 34.2. The number of amides is 1. The van der Waals surface area contributed by atoms with E-state index in [2.05, 4.69) is 24.8 Å². The Morgan fingerprint density at radius 3 is 2.66 bits per heavy atom. The molecule has 0 aliphatic carbocycles. The van der Waals surface area contributed by atoms with Gasteiger partial charge in [-0.2, -0.15) is 0 Å². The molecule has 1 fully saturated rings. The lowest BCUT2D eigenvalue weighted by molar-refractivity contribution is 0.0727. The Morgan fingerprint density at radius 2 is 1.90 bits per heavy atom. The molecule has 3 aromatic rings. The van der Waals surface area contributed by atoms with E-state index in [0.29, 0.717) is 50.1 Å². The third-order valence-corrected chi connectivity index (χ3v) is 5.10. The minimum atomic E-state index is -0.102. The normalized spacial score (nSPS) is 16.6. The maximum atomic E-state index is 12.9.